The number of phenols is 2. The van der Waals surface area contributed by atoms with Crippen LogP contribution < -0.4 is 27.7 Å². The molecule has 0 heterocycles. The highest BCUT2D eigenvalue weighted by atomic mass is 16.5. The third-order valence-corrected chi connectivity index (χ3v) is 4.45. The maximum absolute atomic E-state index is 10.1. The quantitative estimate of drug-likeness (QED) is 0.218. The fourth-order valence-corrected chi connectivity index (χ4v) is 2.83. The van der Waals surface area contributed by atoms with E-state index in [9.17, 15) is 10.2 Å². The normalized spacial score (nSPS) is 11.4. The fourth-order valence-electron chi connectivity index (χ4n) is 2.83. The Bertz CT molecular complexity index is 955. The number of rotatable bonds is 6. The van der Waals surface area contributed by atoms with Crippen LogP contribution >= 0.6 is 0 Å². The largest absolute Gasteiger partial charge is 0.506 e. The molecule has 0 aliphatic carbocycles. The lowest BCUT2D eigenvalue weighted by Gasteiger charge is -2.26. The SMILES string of the molecule is Nc1ccc(CCC(N)(N)Oc2ccc(-c3ccc(O)c(N)c3O)cc2)cc1. The van der Waals surface area contributed by atoms with Gasteiger partial charge in [-0.3, -0.25) is 11.5 Å². The van der Waals surface area contributed by atoms with E-state index in [2.05, 4.69) is 0 Å². The lowest BCUT2D eigenvalue weighted by atomic mass is 10.0. The lowest BCUT2D eigenvalue weighted by Crippen LogP contribution is -2.55. The van der Waals surface area contributed by atoms with Gasteiger partial charge >= 0.3 is 0 Å². The number of nitrogens with two attached hydrogens (primary N) is 4. The Hall–Kier alpha value is -3.42. The van der Waals surface area contributed by atoms with E-state index in [1.807, 2.05) is 24.3 Å². The van der Waals surface area contributed by atoms with Crippen molar-refractivity contribution in [2.75, 3.05) is 11.5 Å². The molecule has 0 aliphatic heterocycles. The van der Waals surface area contributed by atoms with E-state index in [0.29, 0.717) is 35.4 Å². The van der Waals surface area contributed by atoms with Crippen molar-refractivity contribution in [2.24, 2.45) is 11.5 Å². The van der Waals surface area contributed by atoms with Gasteiger partial charge in [-0.2, -0.15) is 0 Å². The molecule has 0 fully saturated rings. The zero-order valence-corrected chi connectivity index (χ0v) is 15.3. The summed E-state index contributed by atoms with van der Waals surface area (Å²) < 4.78 is 5.71. The van der Waals surface area contributed by atoms with Crippen molar-refractivity contribution in [2.45, 2.75) is 18.7 Å². The third-order valence-electron chi connectivity index (χ3n) is 4.45. The maximum atomic E-state index is 10.1. The Morgan fingerprint density at radius 2 is 1.46 bits per heavy atom. The van der Waals surface area contributed by atoms with Crippen LogP contribution in [0.25, 0.3) is 11.1 Å². The van der Waals surface area contributed by atoms with E-state index in [1.165, 1.54) is 6.07 Å². The van der Waals surface area contributed by atoms with Crippen LogP contribution in [0.3, 0.4) is 0 Å². The van der Waals surface area contributed by atoms with Crippen LogP contribution in [-0.2, 0) is 6.42 Å². The van der Waals surface area contributed by atoms with Gasteiger partial charge in [-0.15, -0.1) is 0 Å². The van der Waals surface area contributed by atoms with Crippen molar-refractivity contribution in [1.82, 2.24) is 0 Å². The van der Waals surface area contributed by atoms with Gasteiger partial charge in [-0.25, -0.2) is 0 Å². The molecule has 0 aliphatic rings. The summed E-state index contributed by atoms with van der Waals surface area (Å²) in [6, 6.07) is 17.4. The first-order valence-corrected chi connectivity index (χ1v) is 8.77. The first kappa shape index (κ1) is 19.3. The van der Waals surface area contributed by atoms with Crippen LogP contribution in [0.5, 0.6) is 17.2 Å². The number of nitrogen functional groups attached to an aromatic ring is 2. The zero-order chi connectivity index (χ0) is 20.3. The van der Waals surface area contributed by atoms with Crippen molar-refractivity contribution < 1.29 is 14.9 Å². The Balaban J connectivity index is 1.67. The van der Waals surface area contributed by atoms with Crippen LogP contribution in [0.2, 0.25) is 0 Å². The molecule has 7 heteroatoms. The van der Waals surface area contributed by atoms with Crippen LogP contribution in [0.1, 0.15) is 12.0 Å². The van der Waals surface area contributed by atoms with Crippen molar-refractivity contribution in [3.05, 3.63) is 66.2 Å². The molecule has 0 bridgehead atoms. The summed E-state index contributed by atoms with van der Waals surface area (Å²) in [6.45, 7) is 0. The molecule has 0 aromatic heterocycles. The highest BCUT2D eigenvalue weighted by Crippen LogP contribution is 2.39. The summed E-state index contributed by atoms with van der Waals surface area (Å²) in [5.41, 5.74) is 26.4. The number of anilines is 2. The first-order valence-electron chi connectivity index (χ1n) is 8.77. The van der Waals surface area contributed by atoms with Gasteiger partial charge in [0.1, 0.15) is 22.9 Å². The molecule has 146 valence electrons. The predicted molar refractivity (Wildman–Crippen MR) is 111 cm³/mol. The summed E-state index contributed by atoms with van der Waals surface area (Å²) in [7, 11) is 0. The number of aromatic hydroxyl groups is 2. The third kappa shape index (κ3) is 4.46. The molecule has 0 amide bonds. The van der Waals surface area contributed by atoms with Gasteiger partial charge in [0, 0.05) is 17.7 Å². The zero-order valence-electron chi connectivity index (χ0n) is 15.3. The summed E-state index contributed by atoms with van der Waals surface area (Å²) in [5.74, 6) is -1.19. The highest BCUT2D eigenvalue weighted by molar-refractivity contribution is 5.80. The molecule has 3 aromatic carbocycles. The van der Waals surface area contributed by atoms with Crippen LogP contribution in [0.15, 0.2) is 60.7 Å². The smallest absolute Gasteiger partial charge is 0.213 e. The Kier molecular flexibility index (Phi) is 5.30. The molecule has 28 heavy (non-hydrogen) atoms. The molecule has 3 rings (SSSR count). The van der Waals surface area contributed by atoms with Crippen molar-refractivity contribution in [1.29, 1.82) is 0 Å². The van der Waals surface area contributed by atoms with Crippen LogP contribution in [-0.4, -0.2) is 16.1 Å². The summed E-state index contributed by atoms with van der Waals surface area (Å²) in [4.78, 5) is 0. The molecule has 0 spiro atoms. The predicted octanol–water partition coefficient (Wildman–Crippen LogP) is 2.51. The lowest BCUT2D eigenvalue weighted by molar-refractivity contribution is 0.0734. The molecule has 0 saturated heterocycles. The van der Waals surface area contributed by atoms with Gasteiger partial charge in [0.2, 0.25) is 5.85 Å². The van der Waals surface area contributed by atoms with Gasteiger partial charge in [0.05, 0.1) is 0 Å². The van der Waals surface area contributed by atoms with Gasteiger partial charge in [0.25, 0.3) is 0 Å². The van der Waals surface area contributed by atoms with Gasteiger partial charge < -0.3 is 26.4 Å². The van der Waals surface area contributed by atoms with Crippen molar-refractivity contribution in [3.63, 3.8) is 0 Å². The first-order chi connectivity index (χ1) is 13.2. The fraction of sp³-hybridized carbons (Fsp3) is 0.143. The van der Waals surface area contributed by atoms with E-state index in [0.717, 1.165) is 5.56 Å². The average molecular weight is 380 g/mol. The van der Waals surface area contributed by atoms with E-state index in [4.69, 9.17) is 27.7 Å². The molecular formula is C21H24N4O3. The number of phenolic OH excluding ortho intramolecular Hbond substituents is 2. The second-order valence-corrected chi connectivity index (χ2v) is 6.72. The second-order valence-electron chi connectivity index (χ2n) is 6.72. The van der Waals surface area contributed by atoms with E-state index >= 15 is 0 Å². The number of hydrogen-bond donors (Lipinski definition) is 6. The Morgan fingerprint density at radius 3 is 2.11 bits per heavy atom. The monoisotopic (exact) mass is 380 g/mol. The summed E-state index contributed by atoms with van der Waals surface area (Å²) in [5, 5.41) is 19.7. The van der Waals surface area contributed by atoms with Crippen molar-refractivity contribution in [3.8, 4) is 28.4 Å². The topological polar surface area (TPSA) is 154 Å². The van der Waals surface area contributed by atoms with Gasteiger partial charge in [-0.1, -0.05) is 24.3 Å². The number of aryl methyl sites for hydroxylation is 1. The molecule has 0 unspecified atom stereocenters. The molecule has 7 nitrogen and oxygen atoms in total. The Morgan fingerprint density at radius 1 is 0.821 bits per heavy atom. The van der Waals surface area contributed by atoms with E-state index in [1.54, 1.807) is 30.3 Å². The minimum absolute atomic E-state index is 0.0663. The molecule has 0 atom stereocenters. The van der Waals surface area contributed by atoms with Gasteiger partial charge in [-0.05, 0) is 53.9 Å². The molecule has 10 N–H and O–H groups in total. The minimum atomic E-state index is -1.34. The standard InChI is InChI=1S/C21H24N4O3/c22-15-5-1-13(2-6-15)11-12-21(24,25)28-16-7-3-14(4-8-16)17-9-10-18(26)19(23)20(17)27/h1-10,26-27H,11-12,22-25H2. The number of ether oxygens (including phenoxy) is 1. The summed E-state index contributed by atoms with van der Waals surface area (Å²) >= 11 is 0. The molecule has 3 aromatic rings. The van der Waals surface area contributed by atoms with Crippen LogP contribution in [0.4, 0.5) is 11.4 Å². The van der Waals surface area contributed by atoms with Gasteiger partial charge in [0.15, 0.2) is 0 Å². The highest BCUT2D eigenvalue weighted by Gasteiger charge is 2.21. The summed E-state index contributed by atoms with van der Waals surface area (Å²) in [6.07, 6.45) is 1.06. The Labute approximate surface area is 163 Å². The molecular weight excluding hydrogens is 356 g/mol. The maximum Gasteiger partial charge on any atom is 0.213 e. The molecule has 0 radical (unpaired) electrons. The van der Waals surface area contributed by atoms with Crippen molar-refractivity contribution >= 4 is 11.4 Å². The van der Waals surface area contributed by atoms with Crippen LogP contribution in [0, 0.1) is 0 Å². The average Bonchev–Trinajstić information content (AvgIpc) is 2.66. The van der Waals surface area contributed by atoms with E-state index in [-0.39, 0.29) is 17.2 Å². The number of hydrogen-bond acceptors (Lipinski definition) is 7. The second kappa shape index (κ2) is 7.67. The number of benzene rings is 3. The van der Waals surface area contributed by atoms with E-state index < -0.39 is 5.85 Å². The molecule has 0 saturated carbocycles. The minimum Gasteiger partial charge on any atom is -0.506 e.